The third kappa shape index (κ3) is 3.74. The molecule has 0 unspecified atom stereocenters. The highest BCUT2D eigenvalue weighted by atomic mass is 32.2. The van der Waals surface area contributed by atoms with E-state index in [2.05, 4.69) is 20.5 Å². The number of hydrogen-bond donors (Lipinski definition) is 2. The first-order chi connectivity index (χ1) is 14.4. The van der Waals surface area contributed by atoms with Gasteiger partial charge >= 0.3 is 0 Å². The maximum absolute atomic E-state index is 14.3. The van der Waals surface area contributed by atoms with Crippen molar-refractivity contribution in [3.8, 4) is 28.2 Å². The summed E-state index contributed by atoms with van der Waals surface area (Å²) in [6, 6.07) is 12.2. The van der Waals surface area contributed by atoms with Crippen LogP contribution in [0.25, 0.3) is 28.2 Å². The van der Waals surface area contributed by atoms with E-state index in [4.69, 9.17) is 5.73 Å². The average Bonchev–Trinajstić information content (AvgIpc) is 3.20. The normalized spacial score (nSPS) is 11.2. The molecule has 0 saturated heterocycles. The van der Waals surface area contributed by atoms with Crippen molar-refractivity contribution in [2.45, 2.75) is 5.75 Å². The van der Waals surface area contributed by atoms with Crippen LogP contribution in [0.4, 0.5) is 14.6 Å². The zero-order valence-electron chi connectivity index (χ0n) is 15.2. The van der Waals surface area contributed by atoms with Gasteiger partial charge in [0, 0.05) is 11.8 Å². The van der Waals surface area contributed by atoms with Crippen LogP contribution in [0, 0.1) is 11.6 Å². The Hall–Kier alpha value is -3.73. The Kier molecular flexibility index (Phi) is 5.19. The Labute approximate surface area is 170 Å². The molecule has 11 heteroatoms. The van der Waals surface area contributed by atoms with Crippen molar-refractivity contribution in [3.63, 3.8) is 0 Å². The van der Waals surface area contributed by atoms with E-state index in [1.807, 2.05) is 0 Å². The van der Waals surface area contributed by atoms with Crippen molar-refractivity contribution in [1.82, 2.24) is 25.2 Å². The van der Waals surface area contributed by atoms with Gasteiger partial charge in [0.25, 0.3) is 0 Å². The number of anilines is 1. The molecule has 0 spiro atoms. The predicted molar refractivity (Wildman–Crippen MR) is 106 cm³/mol. The van der Waals surface area contributed by atoms with Crippen molar-refractivity contribution in [2.24, 2.45) is 0 Å². The second-order valence-corrected chi connectivity index (χ2v) is 7.31. The van der Waals surface area contributed by atoms with Crippen LogP contribution in [-0.2, 0) is 16.5 Å². The molecule has 152 valence electrons. The largest absolute Gasteiger partial charge is 0.383 e. The molecule has 2 aromatic carbocycles. The van der Waals surface area contributed by atoms with Crippen LogP contribution in [0.3, 0.4) is 0 Å². The van der Waals surface area contributed by atoms with Gasteiger partial charge in [-0.15, -0.1) is 5.10 Å². The molecule has 0 aliphatic carbocycles. The Morgan fingerprint density at radius 3 is 2.53 bits per heavy atom. The molecular weight excluding hydrogens is 414 g/mol. The summed E-state index contributed by atoms with van der Waals surface area (Å²) in [5, 5.41) is 11.2. The summed E-state index contributed by atoms with van der Waals surface area (Å²) >= 11 is 0. The predicted octanol–water partition coefficient (Wildman–Crippen LogP) is 2.36. The summed E-state index contributed by atoms with van der Waals surface area (Å²) in [4.78, 5) is 4.16. The van der Waals surface area contributed by atoms with Crippen molar-refractivity contribution in [2.75, 3.05) is 5.73 Å². The zero-order valence-corrected chi connectivity index (χ0v) is 16.1. The Bertz CT molecular complexity index is 1300. The highest BCUT2D eigenvalue weighted by molar-refractivity contribution is 7.71. The van der Waals surface area contributed by atoms with E-state index >= 15 is 0 Å². The van der Waals surface area contributed by atoms with Crippen molar-refractivity contribution in [3.05, 3.63) is 71.9 Å². The van der Waals surface area contributed by atoms with E-state index in [1.54, 1.807) is 36.5 Å². The summed E-state index contributed by atoms with van der Waals surface area (Å²) in [5.74, 6) is -1.98. The number of benzene rings is 2. The number of halogens is 2. The smallest absolute Gasteiger partial charge is 0.190 e. The quantitative estimate of drug-likeness (QED) is 0.469. The second-order valence-electron chi connectivity index (χ2n) is 6.33. The number of aromatic nitrogens is 5. The molecule has 0 atom stereocenters. The van der Waals surface area contributed by atoms with Crippen LogP contribution < -0.4 is 5.73 Å². The van der Waals surface area contributed by atoms with Gasteiger partial charge in [-0.1, -0.05) is 30.3 Å². The summed E-state index contributed by atoms with van der Waals surface area (Å²) in [6.07, 6.45) is 1.54. The number of rotatable bonds is 5. The lowest BCUT2D eigenvalue weighted by Crippen LogP contribution is -2.06. The van der Waals surface area contributed by atoms with Crippen LogP contribution in [-0.4, -0.2) is 33.6 Å². The first-order valence-corrected chi connectivity index (χ1v) is 10.00. The number of nitrogens with two attached hydrogens (primary N) is 1. The molecule has 4 aromatic rings. The van der Waals surface area contributed by atoms with Crippen LogP contribution in [0.2, 0.25) is 0 Å². The van der Waals surface area contributed by atoms with Gasteiger partial charge in [0.2, 0.25) is 0 Å². The summed E-state index contributed by atoms with van der Waals surface area (Å²) in [5.41, 5.74) is 8.22. The molecule has 0 aliphatic heterocycles. The molecule has 0 fully saturated rings. The van der Waals surface area contributed by atoms with Gasteiger partial charge < -0.3 is 5.73 Å². The first kappa shape index (κ1) is 19.6. The fourth-order valence-corrected chi connectivity index (χ4v) is 3.45. The molecule has 0 amide bonds. The molecule has 30 heavy (non-hydrogen) atoms. The molecule has 2 aromatic heterocycles. The number of thiol groups is 1. The van der Waals surface area contributed by atoms with E-state index in [-0.39, 0.29) is 23.1 Å². The summed E-state index contributed by atoms with van der Waals surface area (Å²) < 4.78 is 50.7. The molecule has 0 bridgehead atoms. The minimum absolute atomic E-state index is 0.0468. The SMILES string of the molecule is Nc1ncc(-c2ccc(C[SH](=O)=O)cc2)cc1-c1nnnn1-c1cccc(F)c1F. The number of hydrogen-bond acceptors (Lipinski definition) is 7. The van der Waals surface area contributed by atoms with E-state index < -0.39 is 22.3 Å². The monoisotopic (exact) mass is 428 g/mol. The van der Waals surface area contributed by atoms with Crippen LogP contribution in [0.1, 0.15) is 5.56 Å². The third-order valence-corrected chi connectivity index (χ3v) is 5.01. The van der Waals surface area contributed by atoms with Crippen LogP contribution in [0.5, 0.6) is 0 Å². The topological polar surface area (TPSA) is 117 Å². The molecule has 2 N–H and O–H groups in total. The van der Waals surface area contributed by atoms with Crippen molar-refractivity contribution in [1.29, 1.82) is 0 Å². The zero-order chi connectivity index (χ0) is 21.3. The maximum Gasteiger partial charge on any atom is 0.190 e. The van der Waals surface area contributed by atoms with Crippen LogP contribution in [0.15, 0.2) is 54.7 Å². The standard InChI is InChI=1S/C19H14F2N6O2S/c20-15-2-1-3-16(17(15)21)27-19(24-25-26-27)14-8-13(9-23-18(14)22)12-6-4-11(5-7-12)10-30(28)29/h1-9,30H,10H2,(H2,22,23). The Morgan fingerprint density at radius 1 is 1.03 bits per heavy atom. The maximum atomic E-state index is 14.3. The van der Waals surface area contributed by atoms with E-state index in [0.29, 0.717) is 16.7 Å². The van der Waals surface area contributed by atoms with Gasteiger partial charge in [-0.05, 0) is 39.8 Å². The lowest BCUT2D eigenvalue weighted by atomic mass is 10.0. The lowest BCUT2D eigenvalue weighted by molar-refractivity contribution is 0.501. The second kappa shape index (κ2) is 7.95. The number of nitrogens with zero attached hydrogens (tertiary/aromatic N) is 5. The fourth-order valence-electron chi connectivity index (χ4n) is 2.94. The van der Waals surface area contributed by atoms with Gasteiger partial charge in [-0.2, -0.15) is 4.68 Å². The molecule has 0 radical (unpaired) electrons. The Balaban J connectivity index is 1.77. The summed E-state index contributed by atoms with van der Waals surface area (Å²) in [7, 11) is -2.52. The number of pyridine rings is 1. The number of tetrazole rings is 1. The van der Waals surface area contributed by atoms with Gasteiger partial charge in [0.1, 0.15) is 22.2 Å². The first-order valence-electron chi connectivity index (χ1n) is 8.64. The molecular formula is C19H14F2N6O2S. The molecule has 2 heterocycles. The molecule has 4 rings (SSSR count). The molecule has 8 nitrogen and oxygen atoms in total. The van der Waals surface area contributed by atoms with Crippen molar-refractivity contribution >= 4 is 16.5 Å². The molecule has 0 saturated carbocycles. The lowest BCUT2D eigenvalue weighted by Gasteiger charge is -2.10. The minimum Gasteiger partial charge on any atom is -0.383 e. The third-order valence-electron chi connectivity index (χ3n) is 4.39. The number of nitrogen functional groups attached to an aromatic ring is 1. The van der Waals surface area contributed by atoms with Gasteiger partial charge in [0.15, 0.2) is 17.5 Å². The average molecular weight is 428 g/mol. The van der Waals surface area contributed by atoms with Crippen LogP contribution >= 0.6 is 0 Å². The highest BCUT2D eigenvalue weighted by Crippen LogP contribution is 2.30. The van der Waals surface area contributed by atoms with E-state index in [1.165, 1.54) is 12.1 Å². The van der Waals surface area contributed by atoms with Crippen molar-refractivity contribution < 1.29 is 17.2 Å². The van der Waals surface area contributed by atoms with E-state index in [0.717, 1.165) is 16.3 Å². The Morgan fingerprint density at radius 2 is 1.80 bits per heavy atom. The van der Waals surface area contributed by atoms with Gasteiger partial charge in [-0.25, -0.2) is 22.2 Å². The highest BCUT2D eigenvalue weighted by Gasteiger charge is 2.19. The fraction of sp³-hybridized carbons (Fsp3) is 0.0526. The minimum atomic E-state index is -2.52. The van der Waals surface area contributed by atoms with Gasteiger partial charge in [0.05, 0.1) is 11.3 Å². The van der Waals surface area contributed by atoms with E-state index in [9.17, 15) is 17.2 Å². The van der Waals surface area contributed by atoms with Gasteiger partial charge in [-0.3, -0.25) is 0 Å². The summed E-state index contributed by atoms with van der Waals surface area (Å²) in [6.45, 7) is 0. The molecule has 0 aliphatic rings.